The van der Waals surface area contributed by atoms with Crippen molar-refractivity contribution in [2.45, 2.75) is 26.7 Å². The molecule has 2 heterocycles. The highest BCUT2D eigenvalue weighted by atomic mass is 15.3. The standard InChI is InChI=1S/C11H15N3/c1-4-5-9-6-10-7-14(3)13-11(10)12-8(9)2/h6-7H,4-5H2,1-3H3. The van der Waals surface area contributed by atoms with Crippen LogP contribution in [0, 0.1) is 6.92 Å². The van der Waals surface area contributed by atoms with Gasteiger partial charge in [-0.25, -0.2) is 4.98 Å². The normalized spacial score (nSPS) is 11.1. The number of hydrogen-bond donors (Lipinski definition) is 0. The van der Waals surface area contributed by atoms with Gasteiger partial charge in [0.2, 0.25) is 0 Å². The summed E-state index contributed by atoms with van der Waals surface area (Å²) in [5.74, 6) is 0. The molecule has 74 valence electrons. The van der Waals surface area contributed by atoms with E-state index in [2.05, 4.69) is 30.0 Å². The molecule has 2 aromatic rings. The second-order valence-corrected chi connectivity index (χ2v) is 3.70. The third kappa shape index (κ3) is 1.50. The van der Waals surface area contributed by atoms with Crippen molar-refractivity contribution in [3.8, 4) is 0 Å². The molecule has 0 amide bonds. The number of hydrogen-bond acceptors (Lipinski definition) is 2. The van der Waals surface area contributed by atoms with Crippen molar-refractivity contribution in [3.63, 3.8) is 0 Å². The zero-order valence-electron chi connectivity index (χ0n) is 8.91. The molecule has 2 aromatic heterocycles. The van der Waals surface area contributed by atoms with Gasteiger partial charge in [-0.1, -0.05) is 13.3 Å². The molecular weight excluding hydrogens is 174 g/mol. The molecule has 14 heavy (non-hydrogen) atoms. The molecule has 2 rings (SSSR count). The van der Waals surface area contributed by atoms with Crippen LogP contribution in [0.3, 0.4) is 0 Å². The lowest BCUT2D eigenvalue weighted by Gasteiger charge is -2.02. The van der Waals surface area contributed by atoms with Crippen LogP contribution in [-0.2, 0) is 13.5 Å². The number of pyridine rings is 1. The van der Waals surface area contributed by atoms with Crippen molar-refractivity contribution in [3.05, 3.63) is 23.5 Å². The van der Waals surface area contributed by atoms with Gasteiger partial charge in [-0.15, -0.1) is 0 Å². The van der Waals surface area contributed by atoms with Crippen molar-refractivity contribution in [2.75, 3.05) is 0 Å². The van der Waals surface area contributed by atoms with Crippen LogP contribution in [0.2, 0.25) is 0 Å². The van der Waals surface area contributed by atoms with Gasteiger partial charge in [-0.05, 0) is 25.0 Å². The predicted octanol–water partition coefficient (Wildman–Crippen LogP) is 2.23. The van der Waals surface area contributed by atoms with Gasteiger partial charge in [0, 0.05) is 24.3 Å². The van der Waals surface area contributed by atoms with E-state index >= 15 is 0 Å². The van der Waals surface area contributed by atoms with E-state index in [-0.39, 0.29) is 0 Å². The monoisotopic (exact) mass is 189 g/mol. The Labute approximate surface area is 83.8 Å². The highest BCUT2D eigenvalue weighted by molar-refractivity contribution is 5.75. The molecule has 0 saturated carbocycles. The summed E-state index contributed by atoms with van der Waals surface area (Å²) in [6.45, 7) is 4.24. The molecule has 0 radical (unpaired) electrons. The van der Waals surface area contributed by atoms with Gasteiger partial charge in [-0.2, -0.15) is 5.10 Å². The van der Waals surface area contributed by atoms with Crippen LogP contribution in [0.5, 0.6) is 0 Å². The Morgan fingerprint density at radius 2 is 2.21 bits per heavy atom. The molecule has 0 fully saturated rings. The summed E-state index contributed by atoms with van der Waals surface area (Å²) in [5.41, 5.74) is 3.30. The first kappa shape index (κ1) is 9.19. The lowest BCUT2D eigenvalue weighted by atomic mass is 10.1. The molecule has 3 nitrogen and oxygen atoms in total. The third-order valence-corrected chi connectivity index (χ3v) is 2.42. The van der Waals surface area contributed by atoms with Gasteiger partial charge in [0.1, 0.15) is 0 Å². The first-order valence-corrected chi connectivity index (χ1v) is 5.00. The van der Waals surface area contributed by atoms with E-state index in [1.165, 1.54) is 5.56 Å². The van der Waals surface area contributed by atoms with Crippen LogP contribution in [0.1, 0.15) is 24.6 Å². The van der Waals surface area contributed by atoms with Crippen LogP contribution in [0.25, 0.3) is 11.0 Å². The van der Waals surface area contributed by atoms with Crippen molar-refractivity contribution >= 4 is 11.0 Å². The zero-order valence-corrected chi connectivity index (χ0v) is 8.91. The molecule has 3 heteroatoms. The largest absolute Gasteiger partial charge is 0.273 e. The van der Waals surface area contributed by atoms with Gasteiger partial charge in [0.05, 0.1) is 0 Å². The molecule has 0 atom stereocenters. The molecule has 0 N–H and O–H groups in total. The average Bonchev–Trinajstić information content (AvgIpc) is 2.45. The zero-order chi connectivity index (χ0) is 10.1. The van der Waals surface area contributed by atoms with E-state index < -0.39 is 0 Å². The molecule has 0 aliphatic carbocycles. The first-order valence-electron chi connectivity index (χ1n) is 5.00. The highest BCUT2D eigenvalue weighted by Crippen LogP contribution is 2.16. The van der Waals surface area contributed by atoms with Gasteiger partial charge in [-0.3, -0.25) is 4.68 Å². The summed E-state index contributed by atoms with van der Waals surface area (Å²) in [6, 6.07) is 2.20. The topological polar surface area (TPSA) is 30.7 Å². The fraction of sp³-hybridized carbons (Fsp3) is 0.455. The molecule has 0 unspecified atom stereocenters. The molecule has 0 aliphatic rings. The van der Waals surface area contributed by atoms with Crippen molar-refractivity contribution in [2.24, 2.45) is 7.05 Å². The minimum Gasteiger partial charge on any atom is -0.273 e. The summed E-state index contributed by atoms with van der Waals surface area (Å²) < 4.78 is 1.81. The van der Waals surface area contributed by atoms with Crippen LogP contribution < -0.4 is 0 Å². The maximum Gasteiger partial charge on any atom is 0.181 e. The van der Waals surface area contributed by atoms with E-state index in [9.17, 15) is 0 Å². The summed E-state index contributed by atoms with van der Waals surface area (Å²) in [4.78, 5) is 4.48. The SMILES string of the molecule is CCCc1cc2cn(C)nc2nc1C. The van der Waals surface area contributed by atoms with E-state index in [4.69, 9.17) is 0 Å². The van der Waals surface area contributed by atoms with E-state index in [0.29, 0.717) is 0 Å². The van der Waals surface area contributed by atoms with Crippen molar-refractivity contribution < 1.29 is 0 Å². The third-order valence-electron chi connectivity index (χ3n) is 2.42. The van der Waals surface area contributed by atoms with Gasteiger partial charge in [0.15, 0.2) is 5.65 Å². The summed E-state index contributed by atoms with van der Waals surface area (Å²) in [7, 11) is 1.93. The summed E-state index contributed by atoms with van der Waals surface area (Å²) in [5, 5.41) is 5.42. The average molecular weight is 189 g/mol. The second-order valence-electron chi connectivity index (χ2n) is 3.70. The Kier molecular flexibility index (Phi) is 2.23. The van der Waals surface area contributed by atoms with Crippen molar-refractivity contribution in [1.29, 1.82) is 0 Å². The maximum absolute atomic E-state index is 4.48. The van der Waals surface area contributed by atoms with Crippen LogP contribution in [-0.4, -0.2) is 14.8 Å². The van der Waals surface area contributed by atoms with Gasteiger partial charge >= 0.3 is 0 Å². The number of aryl methyl sites for hydroxylation is 3. The lowest BCUT2D eigenvalue weighted by molar-refractivity contribution is 0.775. The number of nitrogens with zero attached hydrogens (tertiary/aromatic N) is 3. The van der Waals surface area contributed by atoms with Gasteiger partial charge in [0.25, 0.3) is 0 Å². The molecule has 0 saturated heterocycles. The Balaban J connectivity index is 2.58. The number of aromatic nitrogens is 3. The fourth-order valence-electron chi connectivity index (χ4n) is 1.73. The summed E-state index contributed by atoms with van der Waals surface area (Å²) >= 11 is 0. The van der Waals surface area contributed by atoms with E-state index in [1.54, 1.807) is 0 Å². The minimum atomic E-state index is 0.852. The Morgan fingerprint density at radius 1 is 1.43 bits per heavy atom. The second kappa shape index (κ2) is 3.40. The van der Waals surface area contributed by atoms with Crippen LogP contribution in [0.15, 0.2) is 12.3 Å². The molecule has 0 bridgehead atoms. The fourth-order valence-corrected chi connectivity index (χ4v) is 1.73. The number of rotatable bonds is 2. The van der Waals surface area contributed by atoms with E-state index in [1.807, 2.05) is 17.9 Å². The highest BCUT2D eigenvalue weighted by Gasteiger charge is 2.04. The minimum absolute atomic E-state index is 0.852. The van der Waals surface area contributed by atoms with Crippen LogP contribution in [0.4, 0.5) is 0 Å². The quantitative estimate of drug-likeness (QED) is 0.725. The number of fused-ring (bicyclic) bond motifs is 1. The molecule has 0 spiro atoms. The Hall–Kier alpha value is -1.38. The van der Waals surface area contributed by atoms with Crippen LogP contribution >= 0.6 is 0 Å². The predicted molar refractivity (Wildman–Crippen MR) is 57.2 cm³/mol. The maximum atomic E-state index is 4.48. The summed E-state index contributed by atoms with van der Waals surface area (Å²) in [6.07, 6.45) is 4.28. The smallest absolute Gasteiger partial charge is 0.181 e. The molecule has 0 aliphatic heterocycles. The van der Waals surface area contributed by atoms with Crippen molar-refractivity contribution in [1.82, 2.24) is 14.8 Å². The molecule has 0 aromatic carbocycles. The molecular formula is C11H15N3. The Morgan fingerprint density at radius 3 is 2.93 bits per heavy atom. The Bertz CT molecular complexity index is 457. The van der Waals surface area contributed by atoms with E-state index in [0.717, 1.165) is 29.6 Å². The lowest BCUT2D eigenvalue weighted by Crippen LogP contribution is -1.93. The first-order chi connectivity index (χ1) is 6.70. The van der Waals surface area contributed by atoms with Gasteiger partial charge < -0.3 is 0 Å².